The van der Waals surface area contributed by atoms with Gasteiger partial charge in [-0.25, -0.2) is 0 Å². The summed E-state index contributed by atoms with van der Waals surface area (Å²) >= 11 is 0. The van der Waals surface area contributed by atoms with E-state index >= 15 is 0 Å². The predicted octanol–water partition coefficient (Wildman–Crippen LogP) is 3.70. The van der Waals surface area contributed by atoms with Crippen molar-refractivity contribution in [3.63, 3.8) is 0 Å². The zero-order valence-electron chi connectivity index (χ0n) is 13.9. The molecule has 1 saturated carbocycles. The van der Waals surface area contributed by atoms with Crippen molar-refractivity contribution in [2.45, 2.75) is 50.4 Å². The molecule has 23 heavy (non-hydrogen) atoms. The first-order chi connectivity index (χ1) is 11.1. The third-order valence-corrected chi connectivity index (χ3v) is 6.99. The number of hydrogen-bond acceptors (Lipinski definition) is 2. The van der Waals surface area contributed by atoms with E-state index in [0.717, 1.165) is 18.3 Å². The van der Waals surface area contributed by atoms with Crippen LogP contribution in [-0.4, -0.2) is 14.9 Å². The van der Waals surface area contributed by atoms with Crippen molar-refractivity contribution in [1.82, 2.24) is 9.78 Å². The van der Waals surface area contributed by atoms with Crippen molar-refractivity contribution in [2.75, 3.05) is 0 Å². The number of aromatic hydroxyl groups is 1. The number of aromatic nitrogens is 2. The number of hydrogen-bond donors (Lipinski definition) is 1. The third-order valence-electron chi connectivity index (χ3n) is 6.99. The van der Waals surface area contributed by atoms with Gasteiger partial charge in [-0.1, -0.05) is 13.0 Å². The molecule has 5 rings (SSSR count). The van der Waals surface area contributed by atoms with Crippen LogP contribution >= 0.6 is 0 Å². The van der Waals surface area contributed by atoms with E-state index in [2.05, 4.69) is 19.2 Å². The highest BCUT2D eigenvalue weighted by molar-refractivity contribution is 5.42. The predicted molar refractivity (Wildman–Crippen MR) is 89.6 cm³/mol. The third kappa shape index (κ3) is 1.74. The average molecular weight is 308 g/mol. The minimum absolute atomic E-state index is 0.270. The Morgan fingerprint density at radius 3 is 3.00 bits per heavy atom. The number of fused-ring (bicyclic) bond motifs is 7. The highest BCUT2D eigenvalue weighted by Gasteiger charge is 2.54. The monoisotopic (exact) mass is 308 g/mol. The molecule has 2 aromatic rings. The summed E-state index contributed by atoms with van der Waals surface area (Å²) in [7, 11) is 2.05. The molecule has 1 aromatic carbocycles. The van der Waals surface area contributed by atoms with Gasteiger partial charge in [-0.2, -0.15) is 5.10 Å². The molecular formula is C20H24N2O. The van der Waals surface area contributed by atoms with Gasteiger partial charge in [0.25, 0.3) is 0 Å². The van der Waals surface area contributed by atoms with E-state index in [4.69, 9.17) is 5.10 Å². The summed E-state index contributed by atoms with van der Waals surface area (Å²) in [5.74, 6) is 2.60. The molecule has 0 amide bonds. The summed E-state index contributed by atoms with van der Waals surface area (Å²) < 4.78 is 2.00. The number of aryl methyl sites for hydroxylation is 2. The highest BCUT2D eigenvalue weighted by atomic mass is 16.3. The maximum absolute atomic E-state index is 9.78. The van der Waals surface area contributed by atoms with Crippen LogP contribution in [0.1, 0.15) is 54.5 Å². The molecule has 0 spiro atoms. The summed E-state index contributed by atoms with van der Waals surface area (Å²) in [5.41, 5.74) is 6.01. The normalized spacial score (nSPS) is 34.4. The Kier molecular flexibility index (Phi) is 2.61. The number of phenolic OH excluding ortho intramolecular Hbond substituents is 1. The fraction of sp³-hybridized carbons (Fsp3) is 0.550. The zero-order chi connectivity index (χ0) is 15.8. The van der Waals surface area contributed by atoms with Crippen LogP contribution in [0.15, 0.2) is 24.4 Å². The van der Waals surface area contributed by atoms with Crippen molar-refractivity contribution in [3.05, 3.63) is 46.8 Å². The fourth-order valence-electron chi connectivity index (χ4n) is 5.96. The molecule has 3 aliphatic carbocycles. The minimum Gasteiger partial charge on any atom is -0.508 e. The number of phenols is 1. The lowest BCUT2D eigenvalue weighted by Crippen LogP contribution is -2.43. The lowest BCUT2D eigenvalue weighted by atomic mass is 9.55. The van der Waals surface area contributed by atoms with Gasteiger partial charge in [0, 0.05) is 18.7 Å². The SMILES string of the molecule is Cn1cc2c(n1)C1(C)CCC3c4ccc(O)cc4CCC3C1C2. The molecule has 120 valence electrons. The number of rotatable bonds is 0. The summed E-state index contributed by atoms with van der Waals surface area (Å²) in [5, 5.41) is 14.6. The summed E-state index contributed by atoms with van der Waals surface area (Å²) in [4.78, 5) is 0. The maximum atomic E-state index is 9.78. The summed E-state index contributed by atoms with van der Waals surface area (Å²) in [6.07, 6.45) is 8.31. The molecule has 1 aromatic heterocycles. The van der Waals surface area contributed by atoms with Gasteiger partial charge in [0.2, 0.25) is 0 Å². The van der Waals surface area contributed by atoms with E-state index in [0.29, 0.717) is 11.7 Å². The Balaban J connectivity index is 1.55. The van der Waals surface area contributed by atoms with Crippen molar-refractivity contribution >= 4 is 0 Å². The molecule has 1 fully saturated rings. The van der Waals surface area contributed by atoms with Gasteiger partial charge < -0.3 is 5.11 Å². The van der Waals surface area contributed by atoms with Crippen molar-refractivity contribution in [3.8, 4) is 5.75 Å². The summed E-state index contributed by atoms with van der Waals surface area (Å²) in [6.45, 7) is 2.46. The van der Waals surface area contributed by atoms with Crippen molar-refractivity contribution in [2.24, 2.45) is 18.9 Å². The molecule has 0 saturated heterocycles. The second kappa shape index (κ2) is 4.40. The molecule has 0 bridgehead atoms. The van der Waals surface area contributed by atoms with Crippen LogP contribution in [0.5, 0.6) is 5.75 Å². The smallest absolute Gasteiger partial charge is 0.115 e. The Hall–Kier alpha value is -1.77. The van der Waals surface area contributed by atoms with E-state index in [1.54, 1.807) is 0 Å². The molecule has 1 heterocycles. The molecule has 4 atom stereocenters. The first-order valence-corrected chi connectivity index (χ1v) is 8.91. The Morgan fingerprint density at radius 1 is 1.26 bits per heavy atom. The first kappa shape index (κ1) is 13.6. The Labute approximate surface area is 137 Å². The van der Waals surface area contributed by atoms with Crippen LogP contribution in [0, 0.1) is 11.8 Å². The summed E-state index contributed by atoms with van der Waals surface area (Å²) in [6, 6.07) is 6.05. The molecule has 0 aliphatic heterocycles. The topological polar surface area (TPSA) is 38.0 Å². The lowest BCUT2D eigenvalue weighted by Gasteiger charge is -2.49. The Morgan fingerprint density at radius 2 is 2.13 bits per heavy atom. The second-order valence-electron chi connectivity index (χ2n) is 8.14. The van der Waals surface area contributed by atoms with Crippen LogP contribution in [0.2, 0.25) is 0 Å². The van der Waals surface area contributed by atoms with Crippen LogP contribution in [0.25, 0.3) is 0 Å². The van der Waals surface area contributed by atoms with E-state index in [1.807, 2.05) is 23.9 Å². The number of nitrogens with zero attached hydrogens (tertiary/aromatic N) is 2. The standard InChI is InChI=1S/C20H24N2O/c1-20-8-7-16-15-6-4-14(23)9-12(15)3-5-17(16)18(20)10-13-11-22(2)21-19(13)20/h4,6,9,11,16-18,23H,3,5,7-8,10H2,1-2H3. The van der Waals surface area contributed by atoms with Crippen molar-refractivity contribution < 1.29 is 5.11 Å². The molecule has 3 nitrogen and oxygen atoms in total. The molecule has 0 radical (unpaired) electrons. The molecule has 4 unspecified atom stereocenters. The van der Waals surface area contributed by atoms with Gasteiger partial charge in [0.15, 0.2) is 0 Å². The first-order valence-electron chi connectivity index (χ1n) is 8.91. The maximum Gasteiger partial charge on any atom is 0.115 e. The van der Waals surface area contributed by atoms with Gasteiger partial charge in [-0.3, -0.25) is 4.68 Å². The lowest BCUT2D eigenvalue weighted by molar-refractivity contribution is 0.102. The highest BCUT2D eigenvalue weighted by Crippen LogP contribution is 2.59. The average Bonchev–Trinajstić information content (AvgIpc) is 3.02. The Bertz CT molecular complexity index is 793. The van der Waals surface area contributed by atoms with Crippen LogP contribution in [0.4, 0.5) is 0 Å². The van der Waals surface area contributed by atoms with E-state index in [-0.39, 0.29) is 5.41 Å². The molecule has 1 N–H and O–H groups in total. The second-order valence-corrected chi connectivity index (χ2v) is 8.14. The van der Waals surface area contributed by atoms with Crippen molar-refractivity contribution in [1.29, 1.82) is 0 Å². The van der Waals surface area contributed by atoms with Gasteiger partial charge in [-0.05, 0) is 78.7 Å². The van der Waals surface area contributed by atoms with E-state index < -0.39 is 0 Å². The molecule has 3 aliphatic rings. The van der Waals surface area contributed by atoms with E-state index in [1.165, 1.54) is 48.1 Å². The van der Waals surface area contributed by atoms with Gasteiger partial charge in [-0.15, -0.1) is 0 Å². The quantitative estimate of drug-likeness (QED) is 0.806. The van der Waals surface area contributed by atoms with E-state index in [9.17, 15) is 5.11 Å². The van der Waals surface area contributed by atoms with Crippen LogP contribution in [-0.2, 0) is 25.3 Å². The van der Waals surface area contributed by atoms with Gasteiger partial charge in [0.05, 0.1) is 5.69 Å². The van der Waals surface area contributed by atoms with Crippen LogP contribution in [0.3, 0.4) is 0 Å². The molecular weight excluding hydrogens is 284 g/mol. The fourth-order valence-corrected chi connectivity index (χ4v) is 5.96. The number of benzene rings is 1. The van der Waals surface area contributed by atoms with Gasteiger partial charge in [0.1, 0.15) is 5.75 Å². The largest absolute Gasteiger partial charge is 0.508 e. The van der Waals surface area contributed by atoms with Gasteiger partial charge >= 0.3 is 0 Å². The zero-order valence-corrected chi connectivity index (χ0v) is 13.9. The van der Waals surface area contributed by atoms with Crippen LogP contribution < -0.4 is 0 Å². The minimum atomic E-state index is 0.270. The molecule has 3 heteroatoms.